The minimum atomic E-state index is -0.0531. The number of carbonyl (C=O) groups is 1. The maximum atomic E-state index is 12.8. The third-order valence-corrected chi connectivity index (χ3v) is 4.92. The Labute approximate surface area is 150 Å². The fraction of sp³-hybridized carbons (Fsp3) is 0.562. The first kappa shape index (κ1) is 16.6. The van der Waals surface area contributed by atoms with Crippen LogP contribution in [0.25, 0.3) is 5.65 Å². The molecule has 134 valence electrons. The van der Waals surface area contributed by atoms with Gasteiger partial charge in [-0.3, -0.25) is 4.79 Å². The number of ether oxygens (including phenoxy) is 1. The zero-order chi connectivity index (χ0) is 17.4. The van der Waals surface area contributed by atoms with Crippen LogP contribution in [-0.4, -0.2) is 89.8 Å². The van der Waals surface area contributed by atoms with Gasteiger partial charge in [-0.25, -0.2) is 4.98 Å². The maximum Gasteiger partial charge on any atom is 0.274 e. The summed E-state index contributed by atoms with van der Waals surface area (Å²) in [6.45, 7) is 6.03. The van der Waals surface area contributed by atoms with E-state index in [0.29, 0.717) is 42.8 Å². The number of morpholine rings is 1. The van der Waals surface area contributed by atoms with Crippen LogP contribution in [0.2, 0.25) is 5.15 Å². The molecular formula is C16H21ClN6O2. The Kier molecular flexibility index (Phi) is 4.49. The van der Waals surface area contributed by atoms with Crippen molar-refractivity contribution < 1.29 is 9.53 Å². The summed E-state index contributed by atoms with van der Waals surface area (Å²) < 4.78 is 7.12. The molecule has 2 fully saturated rings. The highest BCUT2D eigenvalue weighted by Gasteiger charge is 2.24. The molecule has 0 radical (unpaired) electrons. The van der Waals surface area contributed by atoms with Gasteiger partial charge in [0.05, 0.1) is 13.2 Å². The van der Waals surface area contributed by atoms with E-state index in [2.05, 4.69) is 26.9 Å². The molecule has 0 N–H and O–H groups in total. The smallest absolute Gasteiger partial charge is 0.274 e. The van der Waals surface area contributed by atoms with Crippen LogP contribution in [0.4, 0.5) is 5.82 Å². The SMILES string of the molecule is CN1CCN(C(=O)c2cc3nc(Cl)cc(N4CCOCC4)n3n2)CC1. The lowest BCUT2D eigenvalue weighted by Crippen LogP contribution is -2.47. The highest BCUT2D eigenvalue weighted by molar-refractivity contribution is 6.29. The number of rotatable bonds is 2. The van der Waals surface area contributed by atoms with Gasteiger partial charge in [0, 0.05) is 51.4 Å². The number of aromatic nitrogens is 3. The van der Waals surface area contributed by atoms with Crippen LogP contribution >= 0.6 is 11.6 Å². The van der Waals surface area contributed by atoms with E-state index in [-0.39, 0.29) is 5.91 Å². The summed E-state index contributed by atoms with van der Waals surface area (Å²) in [4.78, 5) is 23.3. The molecule has 2 aliphatic heterocycles. The second-order valence-electron chi connectivity index (χ2n) is 6.43. The second-order valence-corrected chi connectivity index (χ2v) is 6.82. The van der Waals surface area contributed by atoms with Crippen molar-refractivity contribution in [1.82, 2.24) is 24.4 Å². The Balaban J connectivity index is 1.66. The molecule has 0 saturated carbocycles. The number of anilines is 1. The van der Waals surface area contributed by atoms with E-state index in [4.69, 9.17) is 16.3 Å². The monoisotopic (exact) mass is 364 g/mol. The zero-order valence-corrected chi connectivity index (χ0v) is 14.9. The Hall–Kier alpha value is -1.90. The summed E-state index contributed by atoms with van der Waals surface area (Å²) in [5.74, 6) is 0.790. The Bertz CT molecular complexity index is 780. The molecule has 2 aromatic heterocycles. The van der Waals surface area contributed by atoms with Crippen molar-refractivity contribution in [1.29, 1.82) is 0 Å². The summed E-state index contributed by atoms with van der Waals surface area (Å²) in [6, 6.07) is 3.51. The lowest BCUT2D eigenvalue weighted by atomic mass is 10.3. The molecule has 4 heterocycles. The van der Waals surface area contributed by atoms with Gasteiger partial charge in [-0.05, 0) is 7.05 Å². The van der Waals surface area contributed by atoms with Gasteiger partial charge < -0.3 is 19.4 Å². The third-order valence-electron chi connectivity index (χ3n) is 4.72. The number of fused-ring (bicyclic) bond motifs is 1. The first-order valence-electron chi connectivity index (χ1n) is 8.48. The molecule has 8 nitrogen and oxygen atoms in total. The molecule has 2 aromatic rings. The van der Waals surface area contributed by atoms with E-state index in [1.807, 2.05) is 4.90 Å². The Morgan fingerprint density at radius 3 is 2.56 bits per heavy atom. The predicted octanol–water partition coefficient (Wildman–Crippen LogP) is 0.607. The zero-order valence-electron chi connectivity index (χ0n) is 14.2. The lowest BCUT2D eigenvalue weighted by molar-refractivity contribution is 0.0658. The van der Waals surface area contributed by atoms with Gasteiger partial charge in [-0.15, -0.1) is 0 Å². The molecular weight excluding hydrogens is 344 g/mol. The minimum absolute atomic E-state index is 0.0531. The largest absolute Gasteiger partial charge is 0.378 e. The summed E-state index contributed by atoms with van der Waals surface area (Å²) in [7, 11) is 2.06. The maximum absolute atomic E-state index is 12.8. The van der Waals surface area contributed by atoms with Crippen molar-refractivity contribution in [3.05, 3.63) is 23.0 Å². The highest BCUT2D eigenvalue weighted by Crippen LogP contribution is 2.22. The van der Waals surface area contributed by atoms with Gasteiger partial charge >= 0.3 is 0 Å². The first-order chi connectivity index (χ1) is 12.1. The lowest BCUT2D eigenvalue weighted by Gasteiger charge is -2.31. The fourth-order valence-electron chi connectivity index (χ4n) is 3.22. The molecule has 0 aliphatic carbocycles. The fourth-order valence-corrected chi connectivity index (χ4v) is 3.41. The summed E-state index contributed by atoms with van der Waals surface area (Å²) in [5, 5.41) is 4.93. The van der Waals surface area contributed by atoms with Crippen molar-refractivity contribution in [3.8, 4) is 0 Å². The first-order valence-corrected chi connectivity index (χ1v) is 8.86. The van der Waals surface area contributed by atoms with E-state index in [9.17, 15) is 4.79 Å². The molecule has 2 saturated heterocycles. The number of halogens is 1. The summed E-state index contributed by atoms with van der Waals surface area (Å²) >= 11 is 6.19. The second kappa shape index (κ2) is 6.78. The number of carbonyl (C=O) groups excluding carboxylic acids is 1. The van der Waals surface area contributed by atoms with Gasteiger partial charge in [0.25, 0.3) is 5.91 Å². The van der Waals surface area contributed by atoms with Crippen LogP contribution in [0.5, 0.6) is 0 Å². The third kappa shape index (κ3) is 3.29. The standard InChI is InChI=1S/C16H21ClN6O2/c1-20-2-4-22(5-3-20)16(24)12-10-14-18-13(17)11-15(23(14)19-12)21-6-8-25-9-7-21/h10-11H,2-9H2,1H3. The molecule has 0 aromatic carbocycles. The van der Waals surface area contributed by atoms with Crippen molar-refractivity contribution in [2.24, 2.45) is 0 Å². The summed E-state index contributed by atoms with van der Waals surface area (Å²) in [6.07, 6.45) is 0. The van der Waals surface area contributed by atoms with Crippen LogP contribution in [-0.2, 0) is 4.74 Å². The molecule has 2 aliphatic rings. The molecule has 1 amide bonds. The van der Waals surface area contributed by atoms with Crippen molar-refractivity contribution in [2.45, 2.75) is 0 Å². The van der Waals surface area contributed by atoms with Crippen molar-refractivity contribution in [3.63, 3.8) is 0 Å². The van der Waals surface area contributed by atoms with E-state index in [0.717, 1.165) is 32.0 Å². The number of nitrogens with zero attached hydrogens (tertiary/aromatic N) is 6. The molecule has 0 unspecified atom stereocenters. The van der Waals surface area contributed by atoms with Gasteiger partial charge in [0.15, 0.2) is 11.3 Å². The van der Waals surface area contributed by atoms with E-state index in [1.54, 1.807) is 16.6 Å². The normalized spacial score (nSPS) is 19.6. The predicted molar refractivity (Wildman–Crippen MR) is 94.4 cm³/mol. The molecule has 25 heavy (non-hydrogen) atoms. The van der Waals surface area contributed by atoms with E-state index in [1.165, 1.54) is 0 Å². The van der Waals surface area contributed by atoms with Gasteiger partial charge in [-0.1, -0.05) is 11.6 Å². The van der Waals surface area contributed by atoms with Crippen molar-refractivity contribution in [2.75, 3.05) is 64.4 Å². The highest BCUT2D eigenvalue weighted by atomic mass is 35.5. The number of hydrogen-bond donors (Lipinski definition) is 0. The molecule has 0 bridgehead atoms. The number of likely N-dealkylation sites (N-methyl/N-ethyl adjacent to an activating group) is 1. The van der Waals surface area contributed by atoms with E-state index >= 15 is 0 Å². The van der Waals surface area contributed by atoms with Crippen LogP contribution in [0.3, 0.4) is 0 Å². The van der Waals surface area contributed by atoms with Crippen LogP contribution in [0.15, 0.2) is 12.1 Å². The van der Waals surface area contributed by atoms with E-state index < -0.39 is 0 Å². The molecule has 0 atom stereocenters. The van der Waals surface area contributed by atoms with Gasteiger partial charge in [0.1, 0.15) is 11.0 Å². The molecule has 0 spiro atoms. The van der Waals surface area contributed by atoms with Crippen LogP contribution in [0.1, 0.15) is 10.5 Å². The Morgan fingerprint density at radius 1 is 1.12 bits per heavy atom. The topological polar surface area (TPSA) is 66.2 Å². The summed E-state index contributed by atoms with van der Waals surface area (Å²) in [5.41, 5.74) is 1.00. The average Bonchev–Trinajstić information content (AvgIpc) is 3.05. The average molecular weight is 365 g/mol. The van der Waals surface area contributed by atoms with Gasteiger partial charge in [-0.2, -0.15) is 9.61 Å². The number of piperazine rings is 1. The molecule has 9 heteroatoms. The molecule has 4 rings (SSSR count). The number of amides is 1. The minimum Gasteiger partial charge on any atom is -0.378 e. The number of hydrogen-bond acceptors (Lipinski definition) is 6. The Morgan fingerprint density at radius 2 is 1.84 bits per heavy atom. The quantitative estimate of drug-likeness (QED) is 0.727. The van der Waals surface area contributed by atoms with Crippen LogP contribution in [0, 0.1) is 0 Å². The van der Waals surface area contributed by atoms with Crippen LogP contribution < -0.4 is 4.90 Å². The van der Waals surface area contributed by atoms with Gasteiger partial charge in [0.2, 0.25) is 0 Å². The van der Waals surface area contributed by atoms with Crippen molar-refractivity contribution >= 4 is 29.0 Å².